The van der Waals surface area contributed by atoms with Gasteiger partial charge < -0.3 is 24.5 Å². The zero-order valence-electron chi connectivity index (χ0n) is 13.8. The topological polar surface area (TPSA) is 98.5 Å². The zero-order chi connectivity index (χ0) is 17.8. The number of hydrogen-bond acceptors (Lipinski definition) is 7. The van der Waals surface area contributed by atoms with Crippen LogP contribution in [0.3, 0.4) is 0 Å². The Labute approximate surface area is 149 Å². The molecule has 0 atom stereocenters. The Hall–Kier alpha value is -3.55. The second-order valence-electron chi connectivity index (χ2n) is 5.55. The van der Waals surface area contributed by atoms with Gasteiger partial charge >= 0.3 is 0 Å². The summed E-state index contributed by atoms with van der Waals surface area (Å²) in [5.74, 6) is 2.27. The van der Waals surface area contributed by atoms with Gasteiger partial charge in [0.1, 0.15) is 19.0 Å². The van der Waals surface area contributed by atoms with E-state index < -0.39 is 0 Å². The van der Waals surface area contributed by atoms with Crippen LogP contribution in [0.5, 0.6) is 11.5 Å². The van der Waals surface area contributed by atoms with E-state index in [2.05, 4.69) is 20.8 Å². The zero-order valence-corrected chi connectivity index (χ0v) is 13.8. The van der Waals surface area contributed by atoms with Gasteiger partial charge in [-0.05, 0) is 36.4 Å². The highest BCUT2D eigenvalue weighted by Crippen LogP contribution is 2.33. The largest absolute Gasteiger partial charge is 0.486 e. The minimum Gasteiger partial charge on any atom is -0.486 e. The molecule has 0 saturated carbocycles. The fourth-order valence-corrected chi connectivity index (χ4v) is 2.46. The number of carbonyl (C=O) groups is 1. The second-order valence-corrected chi connectivity index (χ2v) is 5.55. The van der Waals surface area contributed by atoms with Gasteiger partial charge in [-0.25, -0.2) is 0 Å². The number of fused-ring (bicyclic) bond motifs is 1. The van der Waals surface area contributed by atoms with Gasteiger partial charge in [0, 0.05) is 11.8 Å². The number of aromatic nitrogens is 2. The van der Waals surface area contributed by atoms with Crippen molar-refractivity contribution in [3.8, 4) is 11.5 Å². The number of ether oxygens (including phenoxy) is 2. The van der Waals surface area contributed by atoms with Gasteiger partial charge in [-0.1, -0.05) is 0 Å². The predicted octanol–water partition coefficient (Wildman–Crippen LogP) is 2.51. The van der Waals surface area contributed by atoms with Gasteiger partial charge in [0.05, 0.1) is 12.8 Å². The maximum atomic E-state index is 12.1. The molecule has 26 heavy (non-hydrogen) atoms. The van der Waals surface area contributed by atoms with Crippen molar-refractivity contribution in [1.82, 2.24) is 15.5 Å². The van der Waals surface area contributed by atoms with Crippen LogP contribution in [-0.2, 0) is 6.54 Å². The minimum absolute atomic E-state index is 0.226. The Kier molecular flexibility index (Phi) is 4.38. The summed E-state index contributed by atoms with van der Waals surface area (Å²) in [6.45, 7) is 1.37. The second kappa shape index (κ2) is 7.14. The molecule has 3 heterocycles. The summed E-state index contributed by atoms with van der Waals surface area (Å²) in [4.78, 5) is 12.1. The lowest BCUT2D eigenvalue weighted by Gasteiger charge is -2.19. The number of amides is 1. The lowest BCUT2D eigenvalue weighted by molar-refractivity contribution is 0.0942. The lowest BCUT2D eigenvalue weighted by atomic mass is 10.2. The van der Waals surface area contributed by atoms with Gasteiger partial charge in [0.15, 0.2) is 23.0 Å². The van der Waals surface area contributed by atoms with Crippen LogP contribution < -0.4 is 20.1 Å². The molecule has 4 rings (SSSR count). The Morgan fingerprint density at radius 3 is 2.69 bits per heavy atom. The molecule has 0 bridgehead atoms. The molecule has 1 amide bonds. The summed E-state index contributed by atoms with van der Waals surface area (Å²) >= 11 is 0. The highest BCUT2D eigenvalue weighted by molar-refractivity contribution is 5.92. The summed E-state index contributed by atoms with van der Waals surface area (Å²) < 4.78 is 16.2. The van der Waals surface area contributed by atoms with Crippen LogP contribution in [-0.4, -0.2) is 29.3 Å². The number of carbonyl (C=O) groups excluding carboxylic acids is 1. The highest BCUT2D eigenvalue weighted by atomic mass is 16.6. The molecule has 0 saturated heterocycles. The SMILES string of the molecule is O=C(NCc1ccco1)c1ccc(Nc2ccc3c(c2)OCCO3)nn1. The summed E-state index contributed by atoms with van der Waals surface area (Å²) in [6, 6.07) is 12.4. The Balaban J connectivity index is 1.39. The van der Waals surface area contributed by atoms with Crippen LogP contribution in [0, 0.1) is 0 Å². The normalized spacial score (nSPS) is 12.5. The van der Waals surface area contributed by atoms with Gasteiger partial charge in [-0.3, -0.25) is 4.79 Å². The van der Waals surface area contributed by atoms with Gasteiger partial charge in [-0.2, -0.15) is 0 Å². The Morgan fingerprint density at radius 2 is 1.92 bits per heavy atom. The lowest BCUT2D eigenvalue weighted by Crippen LogP contribution is -2.23. The molecular weight excluding hydrogens is 336 g/mol. The van der Waals surface area contributed by atoms with Gasteiger partial charge in [0.2, 0.25) is 0 Å². The maximum Gasteiger partial charge on any atom is 0.272 e. The minimum atomic E-state index is -0.320. The molecule has 132 valence electrons. The molecule has 1 aliphatic rings. The smallest absolute Gasteiger partial charge is 0.272 e. The van der Waals surface area contributed by atoms with Crippen molar-refractivity contribution in [3.05, 3.63) is 60.2 Å². The molecule has 0 aliphatic carbocycles. The fraction of sp³-hybridized carbons (Fsp3) is 0.167. The molecule has 1 aromatic carbocycles. The van der Waals surface area contributed by atoms with Crippen LogP contribution >= 0.6 is 0 Å². The molecule has 8 heteroatoms. The van der Waals surface area contributed by atoms with Crippen LogP contribution in [0.25, 0.3) is 0 Å². The molecular formula is C18H16N4O4. The molecule has 8 nitrogen and oxygen atoms in total. The average molecular weight is 352 g/mol. The van der Waals surface area contributed by atoms with Crippen molar-refractivity contribution >= 4 is 17.4 Å². The standard InChI is InChI=1S/C18H16N4O4/c23-18(19-11-13-2-1-7-24-13)14-4-6-17(22-21-14)20-12-3-5-15-16(10-12)26-9-8-25-15/h1-7,10H,8-9,11H2,(H,19,23)(H,20,22). The first-order valence-corrected chi connectivity index (χ1v) is 8.09. The number of nitrogens with zero attached hydrogens (tertiary/aromatic N) is 2. The fourth-order valence-electron chi connectivity index (χ4n) is 2.46. The van der Waals surface area contributed by atoms with Crippen molar-refractivity contribution in [3.63, 3.8) is 0 Å². The average Bonchev–Trinajstić information content (AvgIpc) is 3.20. The number of rotatable bonds is 5. The number of nitrogens with one attached hydrogen (secondary N) is 2. The summed E-state index contributed by atoms with van der Waals surface area (Å²) in [7, 11) is 0. The molecule has 2 aromatic heterocycles. The van der Waals surface area contributed by atoms with E-state index in [0.717, 1.165) is 11.4 Å². The summed E-state index contributed by atoms with van der Waals surface area (Å²) in [5, 5.41) is 13.8. The van der Waals surface area contributed by atoms with E-state index in [9.17, 15) is 4.79 Å². The number of furan rings is 1. The van der Waals surface area contributed by atoms with Gasteiger partial charge in [0.25, 0.3) is 5.91 Å². The molecule has 2 N–H and O–H groups in total. The van der Waals surface area contributed by atoms with Crippen LogP contribution in [0.1, 0.15) is 16.2 Å². The molecule has 0 spiro atoms. The van der Waals surface area contributed by atoms with Crippen LogP contribution in [0.15, 0.2) is 53.1 Å². The van der Waals surface area contributed by atoms with Crippen molar-refractivity contribution in [2.45, 2.75) is 6.54 Å². The molecule has 0 unspecified atom stereocenters. The first-order chi connectivity index (χ1) is 12.8. The Morgan fingerprint density at radius 1 is 1.04 bits per heavy atom. The number of benzene rings is 1. The third-order valence-electron chi connectivity index (χ3n) is 3.72. The number of anilines is 2. The van der Waals surface area contributed by atoms with E-state index in [1.807, 2.05) is 18.2 Å². The van der Waals surface area contributed by atoms with E-state index in [4.69, 9.17) is 13.9 Å². The van der Waals surface area contributed by atoms with Crippen LogP contribution in [0.2, 0.25) is 0 Å². The number of hydrogen-bond donors (Lipinski definition) is 2. The van der Waals surface area contributed by atoms with Crippen LogP contribution in [0.4, 0.5) is 11.5 Å². The van der Waals surface area contributed by atoms with E-state index in [1.54, 1.807) is 30.5 Å². The van der Waals surface area contributed by atoms with Crippen molar-refractivity contribution in [2.24, 2.45) is 0 Å². The van der Waals surface area contributed by atoms with E-state index in [0.29, 0.717) is 37.1 Å². The van der Waals surface area contributed by atoms with E-state index in [1.165, 1.54) is 0 Å². The maximum absolute atomic E-state index is 12.1. The van der Waals surface area contributed by atoms with E-state index >= 15 is 0 Å². The molecule has 1 aliphatic heterocycles. The summed E-state index contributed by atoms with van der Waals surface area (Å²) in [6.07, 6.45) is 1.56. The van der Waals surface area contributed by atoms with Crippen molar-refractivity contribution in [2.75, 3.05) is 18.5 Å². The molecule has 0 fully saturated rings. The third-order valence-corrected chi connectivity index (χ3v) is 3.72. The van der Waals surface area contributed by atoms with Gasteiger partial charge in [-0.15, -0.1) is 10.2 Å². The van der Waals surface area contributed by atoms with Crippen molar-refractivity contribution < 1.29 is 18.7 Å². The van der Waals surface area contributed by atoms with E-state index in [-0.39, 0.29) is 11.6 Å². The molecule has 3 aromatic rings. The predicted molar refractivity (Wildman–Crippen MR) is 92.6 cm³/mol. The Bertz CT molecular complexity index is 894. The highest BCUT2D eigenvalue weighted by Gasteiger charge is 2.13. The first-order valence-electron chi connectivity index (χ1n) is 8.09. The quantitative estimate of drug-likeness (QED) is 0.728. The monoisotopic (exact) mass is 352 g/mol. The van der Waals surface area contributed by atoms with Crippen molar-refractivity contribution in [1.29, 1.82) is 0 Å². The summed E-state index contributed by atoms with van der Waals surface area (Å²) in [5.41, 5.74) is 1.02. The third kappa shape index (κ3) is 3.59. The molecule has 0 radical (unpaired) electrons. The first kappa shape index (κ1) is 15.9.